The number of fused-ring (bicyclic) bond motifs is 3. The van der Waals surface area contributed by atoms with Crippen molar-refractivity contribution < 1.29 is 9.90 Å². The van der Waals surface area contributed by atoms with E-state index in [2.05, 4.69) is 41.8 Å². The lowest BCUT2D eigenvalue weighted by Gasteiger charge is -2.07. The minimum Gasteiger partial charge on any atom is -0.481 e. The zero-order valence-electron chi connectivity index (χ0n) is 12.3. The number of benzene rings is 2. The summed E-state index contributed by atoms with van der Waals surface area (Å²) in [7, 11) is 0. The SMILES string of the molecule is CCn1c2ccccc2c2cc(CC(C)C(=O)O)ccc21. The lowest BCUT2D eigenvalue weighted by molar-refractivity contribution is -0.141. The van der Waals surface area contributed by atoms with E-state index in [1.807, 2.05) is 12.1 Å². The molecular weight excluding hydrogens is 262 g/mol. The first kappa shape index (κ1) is 13.7. The predicted octanol–water partition coefficient (Wildman–Crippen LogP) is 4.08. The van der Waals surface area contributed by atoms with Gasteiger partial charge in [-0.1, -0.05) is 31.2 Å². The highest BCUT2D eigenvalue weighted by Gasteiger charge is 2.14. The molecule has 1 aromatic heterocycles. The smallest absolute Gasteiger partial charge is 0.306 e. The molecule has 3 rings (SSSR count). The summed E-state index contributed by atoms with van der Waals surface area (Å²) in [6.45, 7) is 4.82. The van der Waals surface area contributed by atoms with Crippen LogP contribution in [0.4, 0.5) is 0 Å². The molecule has 0 saturated carbocycles. The molecule has 3 nitrogen and oxygen atoms in total. The van der Waals surface area contributed by atoms with E-state index in [9.17, 15) is 4.79 Å². The number of nitrogens with zero attached hydrogens (tertiary/aromatic N) is 1. The third-order valence-corrected chi connectivity index (χ3v) is 4.12. The summed E-state index contributed by atoms with van der Waals surface area (Å²) in [5.41, 5.74) is 3.53. The molecule has 0 radical (unpaired) electrons. The second kappa shape index (κ2) is 5.24. The normalized spacial score (nSPS) is 12.9. The van der Waals surface area contributed by atoms with Gasteiger partial charge in [-0.25, -0.2) is 0 Å². The van der Waals surface area contributed by atoms with Crippen LogP contribution in [0.25, 0.3) is 21.8 Å². The number of carbonyl (C=O) groups is 1. The minimum absolute atomic E-state index is 0.359. The maximum Gasteiger partial charge on any atom is 0.306 e. The summed E-state index contributed by atoms with van der Waals surface area (Å²) in [5.74, 6) is -1.10. The average Bonchev–Trinajstić information content (AvgIpc) is 2.80. The third-order valence-electron chi connectivity index (χ3n) is 4.12. The Balaban J connectivity index is 2.17. The lowest BCUT2D eigenvalue weighted by Crippen LogP contribution is -2.12. The van der Waals surface area contributed by atoms with Gasteiger partial charge in [0.2, 0.25) is 0 Å². The Bertz CT molecular complexity index is 817. The molecule has 0 saturated heterocycles. The first-order chi connectivity index (χ1) is 10.1. The van der Waals surface area contributed by atoms with Crippen molar-refractivity contribution in [1.82, 2.24) is 4.57 Å². The van der Waals surface area contributed by atoms with E-state index in [0.717, 1.165) is 12.1 Å². The highest BCUT2D eigenvalue weighted by molar-refractivity contribution is 6.08. The van der Waals surface area contributed by atoms with E-state index in [-0.39, 0.29) is 5.92 Å². The highest BCUT2D eigenvalue weighted by Crippen LogP contribution is 2.30. The maximum atomic E-state index is 11.0. The molecule has 3 aromatic rings. The average molecular weight is 281 g/mol. The van der Waals surface area contributed by atoms with Crippen LogP contribution >= 0.6 is 0 Å². The van der Waals surface area contributed by atoms with Gasteiger partial charge < -0.3 is 9.67 Å². The fourth-order valence-corrected chi connectivity index (χ4v) is 3.01. The molecule has 0 aliphatic rings. The minimum atomic E-state index is -0.744. The van der Waals surface area contributed by atoms with Gasteiger partial charge in [0, 0.05) is 28.4 Å². The van der Waals surface area contributed by atoms with Crippen LogP contribution in [-0.2, 0) is 17.8 Å². The van der Waals surface area contributed by atoms with E-state index < -0.39 is 5.97 Å². The Hall–Kier alpha value is -2.29. The number of aromatic nitrogens is 1. The number of para-hydroxylation sites is 1. The first-order valence-corrected chi connectivity index (χ1v) is 7.34. The summed E-state index contributed by atoms with van der Waals surface area (Å²) >= 11 is 0. The molecule has 0 aliphatic carbocycles. The zero-order valence-corrected chi connectivity index (χ0v) is 12.3. The van der Waals surface area contributed by atoms with Crippen molar-refractivity contribution in [3.05, 3.63) is 48.0 Å². The van der Waals surface area contributed by atoms with Gasteiger partial charge in [0.1, 0.15) is 0 Å². The van der Waals surface area contributed by atoms with Crippen LogP contribution < -0.4 is 0 Å². The van der Waals surface area contributed by atoms with E-state index >= 15 is 0 Å². The molecule has 0 aliphatic heterocycles. The van der Waals surface area contributed by atoms with E-state index in [1.54, 1.807) is 6.92 Å². The van der Waals surface area contributed by atoms with Crippen LogP contribution in [0.1, 0.15) is 19.4 Å². The molecule has 0 amide bonds. The second-order valence-electron chi connectivity index (χ2n) is 5.56. The van der Waals surface area contributed by atoms with Crippen LogP contribution in [0.5, 0.6) is 0 Å². The van der Waals surface area contributed by atoms with Crippen LogP contribution in [0.2, 0.25) is 0 Å². The number of hydrogen-bond acceptors (Lipinski definition) is 1. The molecule has 1 heterocycles. The first-order valence-electron chi connectivity index (χ1n) is 7.34. The predicted molar refractivity (Wildman–Crippen MR) is 85.6 cm³/mol. The summed E-state index contributed by atoms with van der Waals surface area (Å²) in [4.78, 5) is 11.0. The van der Waals surface area contributed by atoms with E-state index in [4.69, 9.17) is 5.11 Å². The van der Waals surface area contributed by atoms with Gasteiger partial charge >= 0.3 is 5.97 Å². The number of aryl methyl sites for hydroxylation is 1. The lowest BCUT2D eigenvalue weighted by atomic mass is 9.99. The molecule has 0 bridgehead atoms. The Labute approximate surface area is 123 Å². The molecule has 1 atom stereocenters. The van der Waals surface area contributed by atoms with Crippen LogP contribution in [0.3, 0.4) is 0 Å². The second-order valence-corrected chi connectivity index (χ2v) is 5.56. The van der Waals surface area contributed by atoms with Gasteiger partial charge in [0.15, 0.2) is 0 Å². The molecular formula is C18H19NO2. The monoisotopic (exact) mass is 281 g/mol. The highest BCUT2D eigenvalue weighted by atomic mass is 16.4. The third kappa shape index (κ3) is 2.29. The summed E-state index contributed by atoms with van der Waals surface area (Å²) in [6.07, 6.45) is 0.566. The molecule has 1 unspecified atom stereocenters. The molecule has 2 aromatic carbocycles. The van der Waals surface area contributed by atoms with Crippen molar-refractivity contribution in [3.63, 3.8) is 0 Å². The topological polar surface area (TPSA) is 42.2 Å². The number of hydrogen-bond donors (Lipinski definition) is 1. The Morgan fingerprint density at radius 3 is 2.57 bits per heavy atom. The van der Waals surface area contributed by atoms with Crippen molar-refractivity contribution in [3.8, 4) is 0 Å². The van der Waals surface area contributed by atoms with Crippen LogP contribution in [0.15, 0.2) is 42.5 Å². The Morgan fingerprint density at radius 2 is 1.86 bits per heavy atom. The van der Waals surface area contributed by atoms with Gasteiger partial charge in [-0.15, -0.1) is 0 Å². The summed E-state index contributed by atoms with van der Waals surface area (Å²) < 4.78 is 2.30. The molecule has 1 N–H and O–H groups in total. The number of carboxylic acid groups (broad SMARTS) is 1. The van der Waals surface area contributed by atoms with Crippen LogP contribution in [-0.4, -0.2) is 15.6 Å². The number of carboxylic acids is 1. The fourth-order valence-electron chi connectivity index (χ4n) is 3.01. The summed E-state index contributed by atoms with van der Waals surface area (Å²) in [5, 5.41) is 11.5. The van der Waals surface area contributed by atoms with Crippen molar-refractivity contribution in [1.29, 1.82) is 0 Å². The van der Waals surface area contributed by atoms with Gasteiger partial charge in [-0.2, -0.15) is 0 Å². The van der Waals surface area contributed by atoms with Crippen molar-refractivity contribution >= 4 is 27.8 Å². The van der Waals surface area contributed by atoms with Gasteiger partial charge in [0.25, 0.3) is 0 Å². The number of aliphatic carboxylic acids is 1. The maximum absolute atomic E-state index is 11.0. The standard InChI is InChI=1S/C18H19NO2/c1-3-19-16-7-5-4-6-14(16)15-11-13(8-9-17(15)19)10-12(2)18(20)21/h4-9,11-12H,3,10H2,1-2H3,(H,20,21). The quantitative estimate of drug-likeness (QED) is 0.783. The van der Waals surface area contributed by atoms with E-state index in [0.29, 0.717) is 6.42 Å². The van der Waals surface area contributed by atoms with Gasteiger partial charge in [0.05, 0.1) is 5.92 Å². The van der Waals surface area contributed by atoms with Gasteiger partial charge in [-0.3, -0.25) is 4.79 Å². The van der Waals surface area contributed by atoms with Gasteiger partial charge in [-0.05, 0) is 37.1 Å². The fraction of sp³-hybridized carbons (Fsp3) is 0.278. The Kier molecular flexibility index (Phi) is 3.42. The molecule has 0 fully saturated rings. The molecule has 3 heteroatoms. The largest absolute Gasteiger partial charge is 0.481 e. The zero-order chi connectivity index (χ0) is 15.0. The Morgan fingerprint density at radius 1 is 1.14 bits per heavy atom. The van der Waals surface area contributed by atoms with Crippen molar-refractivity contribution in [2.75, 3.05) is 0 Å². The molecule has 108 valence electrons. The van der Waals surface area contributed by atoms with E-state index in [1.165, 1.54) is 21.8 Å². The summed E-state index contributed by atoms with van der Waals surface area (Å²) in [6, 6.07) is 14.7. The van der Waals surface area contributed by atoms with Crippen molar-refractivity contribution in [2.24, 2.45) is 5.92 Å². The number of rotatable bonds is 4. The molecule has 0 spiro atoms. The van der Waals surface area contributed by atoms with Crippen molar-refractivity contribution in [2.45, 2.75) is 26.8 Å². The van der Waals surface area contributed by atoms with Crippen LogP contribution in [0, 0.1) is 5.92 Å². The molecule has 21 heavy (non-hydrogen) atoms.